The molecule has 1 saturated heterocycles. The van der Waals surface area contributed by atoms with E-state index >= 15 is 0 Å². The Morgan fingerprint density at radius 3 is 2.26 bits per heavy atom. The van der Waals surface area contributed by atoms with Gasteiger partial charge in [0.2, 0.25) is 11.7 Å². The number of amides is 2. The van der Waals surface area contributed by atoms with Crippen LogP contribution in [0.15, 0.2) is 83.4 Å². The predicted molar refractivity (Wildman–Crippen MR) is 133 cm³/mol. The highest BCUT2D eigenvalue weighted by molar-refractivity contribution is 6.04. The van der Waals surface area contributed by atoms with E-state index in [1.807, 2.05) is 78.6 Å². The van der Waals surface area contributed by atoms with Gasteiger partial charge in [-0.1, -0.05) is 53.2 Å². The number of carbonyl (C=O) groups excluding carboxylic acids is 2. The van der Waals surface area contributed by atoms with Crippen molar-refractivity contribution in [3.63, 3.8) is 0 Å². The highest BCUT2D eigenvalue weighted by Crippen LogP contribution is 2.29. The second-order valence-electron chi connectivity index (χ2n) is 8.79. The number of likely N-dealkylation sites (tertiary alicyclic amines) is 1. The number of nitrogens with zero attached hydrogens (tertiary/aromatic N) is 3. The number of rotatable bonds is 5. The van der Waals surface area contributed by atoms with Crippen LogP contribution in [0.25, 0.3) is 11.4 Å². The summed E-state index contributed by atoms with van der Waals surface area (Å²) < 4.78 is 5.56. The number of aryl methyl sites for hydroxylation is 1. The van der Waals surface area contributed by atoms with Gasteiger partial charge >= 0.3 is 0 Å². The molecular weight excluding hydrogens is 440 g/mol. The molecule has 1 aliphatic rings. The molecule has 5 rings (SSSR count). The summed E-state index contributed by atoms with van der Waals surface area (Å²) in [6, 6.07) is 24.2. The Labute approximate surface area is 203 Å². The van der Waals surface area contributed by atoms with Gasteiger partial charge in [0.25, 0.3) is 11.8 Å². The molecule has 176 valence electrons. The number of hydrogen-bond donors (Lipinski definition) is 1. The lowest BCUT2D eigenvalue weighted by Gasteiger charge is -2.30. The molecule has 1 aliphatic heterocycles. The van der Waals surface area contributed by atoms with E-state index in [-0.39, 0.29) is 17.7 Å². The van der Waals surface area contributed by atoms with Crippen molar-refractivity contribution in [3.05, 3.63) is 101 Å². The molecule has 1 fully saturated rings. The third kappa shape index (κ3) is 5.14. The van der Waals surface area contributed by atoms with Crippen LogP contribution in [0.3, 0.4) is 0 Å². The lowest BCUT2D eigenvalue weighted by molar-refractivity contribution is 0.0704. The number of benzene rings is 3. The minimum Gasteiger partial charge on any atom is -0.339 e. The third-order valence-electron chi connectivity index (χ3n) is 6.31. The van der Waals surface area contributed by atoms with Crippen LogP contribution in [0.1, 0.15) is 50.9 Å². The predicted octanol–water partition coefficient (Wildman–Crippen LogP) is 5.32. The van der Waals surface area contributed by atoms with E-state index in [1.54, 1.807) is 12.1 Å². The first-order valence-corrected chi connectivity index (χ1v) is 11.7. The first kappa shape index (κ1) is 22.5. The van der Waals surface area contributed by atoms with Crippen LogP contribution in [0.4, 0.5) is 5.69 Å². The van der Waals surface area contributed by atoms with Gasteiger partial charge in [0.15, 0.2) is 0 Å². The summed E-state index contributed by atoms with van der Waals surface area (Å²) in [5.41, 5.74) is 3.93. The van der Waals surface area contributed by atoms with Crippen molar-refractivity contribution >= 4 is 17.5 Å². The van der Waals surface area contributed by atoms with Gasteiger partial charge in [-0.05, 0) is 56.2 Å². The lowest BCUT2D eigenvalue weighted by Crippen LogP contribution is -2.37. The maximum atomic E-state index is 12.7. The Hall–Kier alpha value is -4.26. The molecule has 0 bridgehead atoms. The topological polar surface area (TPSA) is 88.3 Å². The molecule has 1 N–H and O–H groups in total. The van der Waals surface area contributed by atoms with E-state index in [2.05, 4.69) is 15.5 Å². The van der Waals surface area contributed by atoms with Crippen LogP contribution in [-0.4, -0.2) is 39.9 Å². The molecule has 0 unspecified atom stereocenters. The van der Waals surface area contributed by atoms with Gasteiger partial charge in [-0.2, -0.15) is 4.98 Å². The van der Waals surface area contributed by atoms with Gasteiger partial charge in [-0.3, -0.25) is 9.59 Å². The summed E-state index contributed by atoms with van der Waals surface area (Å²) in [6.07, 6.45) is 1.55. The van der Waals surface area contributed by atoms with Crippen LogP contribution in [0.5, 0.6) is 0 Å². The Bertz CT molecular complexity index is 1310. The molecule has 35 heavy (non-hydrogen) atoms. The van der Waals surface area contributed by atoms with E-state index in [9.17, 15) is 9.59 Å². The zero-order valence-electron chi connectivity index (χ0n) is 19.5. The minimum atomic E-state index is -0.175. The van der Waals surface area contributed by atoms with Gasteiger partial charge < -0.3 is 14.7 Å². The van der Waals surface area contributed by atoms with Gasteiger partial charge in [0.05, 0.1) is 0 Å². The summed E-state index contributed by atoms with van der Waals surface area (Å²) in [4.78, 5) is 31.7. The van der Waals surface area contributed by atoms with E-state index in [4.69, 9.17) is 4.52 Å². The smallest absolute Gasteiger partial charge is 0.255 e. The molecular formula is C28H26N4O3. The van der Waals surface area contributed by atoms with Crippen LogP contribution in [0.2, 0.25) is 0 Å². The quantitative estimate of drug-likeness (QED) is 0.430. The van der Waals surface area contributed by atoms with Crippen LogP contribution >= 0.6 is 0 Å². The fraction of sp³-hybridized carbons (Fsp3) is 0.214. The Kier molecular flexibility index (Phi) is 6.39. The molecule has 0 atom stereocenters. The van der Waals surface area contributed by atoms with Crippen LogP contribution in [-0.2, 0) is 0 Å². The molecule has 0 saturated carbocycles. The molecule has 0 radical (unpaired) electrons. The highest BCUT2D eigenvalue weighted by atomic mass is 16.5. The SMILES string of the molecule is Cc1ccc(NC(=O)c2ccc(-c3noc(C4CCN(C(=O)c5ccccc5)CC4)n3)cc2)cc1. The summed E-state index contributed by atoms with van der Waals surface area (Å²) in [5.74, 6) is 1.09. The number of aromatic nitrogens is 2. The molecule has 0 aliphatic carbocycles. The standard InChI is InChI=1S/C28H26N4O3/c1-19-7-13-24(14-8-19)29-26(33)21-11-9-20(10-12-21)25-30-27(35-31-25)22-15-17-32(18-16-22)28(34)23-5-3-2-4-6-23/h2-14,22H,15-18H2,1H3,(H,29,33). The second-order valence-corrected chi connectivity index (χ2v) is 8.79. The number of carbonyl (C=O) groups is 2. The Balaban J connectivity index is 1.19. The van der Waals surface area contributed by atoms with Crippen molar-refractivity contribution < 1.29 is 14.1 Å². The van der Waals surface area contributed by atoms with Gasteiger partial charge in [0.1, 0.15) is 0 Å². The van der Waals surface area contributed by atoms with Gasteiger partial charge in [-0.25, -0.2) is 0 Å². The highest BCUT2D eigenvalue weighted by Gasteiger charge is 2.28. The molecule has 2 heterocycles. The Morgan fingerprint density at radius 2 is 1.57 bits per heavy atom. The lowest BCUT2D eigenvalue weighted by atomic mass is 9.96. The molecule has 0 spiro atoms. The van der Waals surface area contributed by atoms with E-state index in [0.29, 0.717) is 35.9 Å². The summed E-state index contributed by atoms with van der Waals surface area (Å²) >= 11 is 0. The molecule has 7 nitrogen and oxygen atoms in total. The molecule has 1 aromatic heterocycles. The molecule has 7 heteroatoms. The monoisotopic (exact) mass is 466 g/mol. The van der Waals surface area contributed by atoms with Crippen LogP contribution in [0, 0.1) is 6.92 Å². The van der Waals surface area contributed by atoms with E-state index in [0.717, 1.165) is 29.7 Å². The first-order chi connectivity index (χ1) is 17.1. The van der Waals surface area contributed by atoms with Crippen molar-refractivity contribution in [3.8, 4) is 11.4 Å². The normalized spacial score (nSPS) is 14.0. The van der Waals surface area contributed by atoms with Crippen molar-refractivity contribution in [1.29, 1.82) is 0 Å². The summed E-state index contributed by atoms with van der Waals surface area (Å²) in [7, 11) is 0. The largest absolute Gasteiger partial charge is 0.339 e. The number of nitrogens with one attached hydrogen (secondary N) is 1. The number of anilines is 1. The Morgan fingerprint density at radius 1 is 0.886 bits per heavy atom. The second kappa shape index (κ2) is 9.93. The molecule has 2 amide bonds. The maximum Gasteiger partial charge on any atom is 0.255 e. The maximum absolute atomic E-state index is 12.7. The number of hydrogen-bond acceptors (Lipinski definition) is 5. The third-order valence-corrected chi connectivity index (χ3v) is 6.31. The summed E-state index contributed by atoms with van der Waals surface area (Å²) in [5, 5.41) is 7.04. The zero-order valence-corrected chi connectivity index (χ0v) is 19.5. The van der Waals surface area contributed by atoms with Gasteiger partial charge in [0, 0.05) is 41.4 Å². The average Bonchev–Trinajstić information content (AvgIpc) is 3.41. The van der Waals surface area contributed by atoms with Crippen molar-refractivity contribution in [2.75, 3.05) is 18.4 Å². The fourth-order valence-corrected chi connectivity index (χ4v) is 4.22. The average molecular weight is 467 g/mol. The number of piperidine rings is 1. The van der Waals surface area contributed by atoms with Crippen molar-refractivity contribution in [1.82, 2.24) is 15.0 Å². The van der Waals surface area contributed by atoms with E-state index in [1.165, 1.54) is 0 Å². The summed E-state index contributed by atoms with van der Waals surface area (Å²) in [6.45, 7) is 3.31. The first-order valence-electron chi connectivity index (χ1n) is 11.7. The molecule has 4 aromatic rings. The molecule has 3 aromatic carbocycles. The van der Waals surface area contributed by atoms with E-state index < -0.39 is 0 Å². The van der Waals surface area contributed by atoms with Crippen molar-refractivity contribution in [2.45, 2.75) is 25.7 Å². The van der Waals surface area contributed by atoms with Gasteiger partial charge in [-0.15, -0.1) is 0 Å². The zero-order chi connectivity index (χ0) is 24.2. The fourth-order valence-electron chi connectivity index (χ4n) is 4.22. The van der Waals surface area contributed by atoms with Crippen LogP contribution < -0.4 is 5.32 Å². The minimum absolute atomic E-state index is 0.0572. The van der Waals surface area contributed by atoms with Crippen molar-refractivity contribution in [2.24, 2.45) is 0 Å².